The molecule has 5 heteroatoms. The molecule has 1 heterocycles. The van der Waals surface area contributed by atoms with Crippen molar-refractivity contribution in [2.45, 2.75) is 64.4 Å². The maximum atomic E-state index is 5.54. The number of aromatic amines is 1. The third-order valence-electron chi connectivity index (χ3n) is 3.84. The lowest BCUT2D eigenvalue weighted by Gasteiger charge is -2.21. The summed E-state index contributed by atoms with van der Waals surface area (Å²) in [5.74, 6) is 2.59. The fraction of sp³-hybridized carbons (Fsp3) is 0.750. The summed E-state index contributed by atoms with van der Waals surface area (Å²) in [5, 5.41) is 3.40. The number of hydrogen-bond donors (Lipinski definition) is 2. The van der Waals surface area contributed by atoms with E-state index in [1.54, 1.807) is 0 Å². The van der Waals surface area contributed by atoms with Gasteiger partial charge in [-0.2, -0.15) is 0 Å². The second-order valence-electron chi connectivity index (χ2n) is 6.05. The van der Waals surface area contributed by atoms with Crippen molar-refractivity contribution in [3.8, 4) is 0 Å². The second kappa shape index (κ2) is 8.49. The van der Waals surface area contributed by atoms with Crippen molar-refractivity contribution >= 4 is 18.0 Å². The summed E-state index contributed by atoms with van der Waals surface area (Å²) in [6, 6.07) is 1.91. The Hall–Kier alpha value is -0.940. The van der Waals surface area contributed by atoms with E-state index in [0.717, 1.165) is 31.2 Å². The highest BCUT2D eigenvalue weighted by molar-refractivity contribution is 7.71. The van der Waals surface area contributed by atoms with Crippen LogP contribution in [0.3, 0.4) is 0 Å². The molecule has 4 nitrogen and oxygen atoms in total. The molecule has 0 saturated heterocycles. The lowest BCUT2D eigenvalue weighted by molar-refractivity contribution is 0.0787. The zero-order valence-electron chi connectivity index (χ0n) is 13.2. The van der Waals surface area contributed by atoms with Crippen LogP contribution < -0.4 is 5.32 Å². The fourth-order valence-corrected chi connectivity index (χ4v) is 2.97. The normalized spacial score (nSPS) is 16.3. The number of hydrogen-bond acceptors (Lipinski definition) is 4. The first kappa shape index (κ1) is 16.4. The molecule has 0 unspecified atom stereocenters. The Morgan fingerprint density at radius 1 is 1.38 bits per heavy atom. The van der Waals surface area contributed by atoms with Crippen LogP contribution in [-0.4, -0.2) is 29.2 Å². The number of rotatable bonds is 7. The molecule has 0 atom stereocenters. The minimum absolute atomic E-state index is 0.301. The van der Waals surface area contributed by atoms with Crippen LogP contribution in [0.2, 0.25) is 0 Å². The van der Waals surface area contributed by atoms with Gasteiger partial charge in [-0.3, -0.25) is 0 Å². The van der Waals surface area contributed by atoms with Crippen molar-refractivity contribution < 1.29 is 4.74 Å². The number of anilines is 1. The van der Waals surface area contributed by atoms with Crippen LogP contribution in [0.15, 0.2) is 6.07 Å². The molecular formula is C16H27N3OS. The first-order valence-electron chi connectivity index (χ1n) is 8.12. The number of aromatic nitrogens is 2. The zero-order valence-corrected chi connectivity index (χ0v) is 14.0. The third kappa shape index (κ3) is 5.75. The number of nitrogens with zero attached hydrogens (tertiary/aromatic N) is 1. The lowest BCUT2D eigenvalue weighted by Crippen LogP contribution is -2.13. The lowest BCUT2D eigenvalue weighted by atomic mass is 9.89. The Morgan fingerprint density at radius 3 is 2.86 bits per heavy atom. The zero-order chi connectivity index (χ0) is 15.1. The first-order chi connectivity index (χ1) is 10.1. The van der Waals surface area contributed by atoms with Crippen molar-refractivity contribution in [3.63, 3.8) is 0 Å². The van der Waals surface area contributed by atoms with Gasteiger partial charge in [-0.1, -0.05) is 31.5 Å². The van der Waals surface area contributed by atoms with E-state index in [1.807, 2.05) is 6.07 Å². The van der Waals surface area contributed by atoms with Gasteiger partial charge in [0.2, 0.25) is 0 Å². The van der Waals surface area contributed by atoms with Crippen LogP contribution in [0.5, 0.6) is 0 Å². The molecule has 1 aromatic rings. The van der Waals surface area contributed by atoms with Gasteiger partial charge < -0.3 is 15.0 Å². The van der Waals surface area contributed by atoms with E-state index in [2.05, 4.69) is 29.1 Å². The van der Waals surface area contributed by atoms with E-state index < -0.39 is 0 Å². The Bertz CT molecular complexity index is 481. The van der Waals surface area contributed by atoms with Gasteiger partial charge in [0, 0.05) is 25.1 Å². The molecule has 0 radical (unpaired) electrons. The summed E-state index contributed by atoms with van der Waals surface area (Å²) in [6.07, 6.45) is 7.70. The van der Waals surface area contributed by atoms with Crippen LogP contribution in [0.1, 0.15) is 64.1 Å². The van der Waals surface area contributed by atoms with Gasteiger partial charge in [-0.15, -0.1) is 0 Å². The predicted octanol–water partition coefficient (Wildman–Crippen LogP) is 4.41. The molecule has 21 heavy (non-hydrogen) atoms. The molecule has 1 saturated carbocycles. The van der Waals surface area contributed by atoms with Gasteiger partial charge >= 0.3 is 0 Å². The van der Waals surface area contributed by atoms with Crippen LogP contribution in [0, 0.1) is 4.64 Å². The molecule has 1 aliphatic carbocycles. The van der Waals surface area contributed by atoms with Gasteiger partial charge in [0.25, 0.3) is 0 Å². The average Bonchev–Trinajstić information content (AvgIpc) is 2.47. The summed E-state index contributed by atoms with van der Waals surface area (Å²) in [4.78, 5) is 7.94. The van der Waals surface area contributed by atoms with Crippen molar-refractivity contribution in [2.24, 2.45) is 0 Å². The standard InChI is InChI=1S/C16H27N3OS/c1-12(2)20-10-6-9-17-14-11-15(21)19-16(18-14)13-7-4-3-5-8-13/h11-13H,3-10H2,1-2H3,(H2,17,18,19,21). The second-order valence-corrected chi connectivity index (χ2v) is 6.47. The average molecular weight is 309 g/mol. The largest absolute Gasteiger partial charge is 0.379 e. The smallest absolute Gasteiger partial charge is 0.131 e. The van der Waals surface area contributed by atoms with Gasteiger partial charge in [0.15, 0.2) is 0 Å². The van der Waals surface area contributed by atoms with Gasteiger partial charge in [-0.05, 0) is 33.1 Å². The van der Waals surface area contributed by atoms with Gasteiger partial charge in [0.05, 0.1) is 6.10 Å². The molecule has 0 amide bonds. The Balaban J connectivity index is 1.87. The molecule has 1 aromatic heterocycles. The quantitative estimate of drug-likeness (QED) is 0.578. The Labute approximate surface area is 132 Å². The van der Waals surface area contributed by atoms with Crippen molar-refractivity contribution in [1.82, 2.24) is 9.97 Å². The summed E-state index contributed by atoms with van der Waals surface area (Å²) in [6.45, 7) is 5.78. The molecule has 0 aliphatic heterocycles. The topological polar surface area (TPSA) is 49.9 Å². The Morgan fingerprint density at radius 2 is 2.14 bits per heavy atom. The minimum Gasteiger partial charge on any atom is -0.379 e. The molecule has 0 spiro atoms. The molecule has 1 fully saturated rings. The highest BCUT2D eigenvalue weighted by atomic mass is 32.1. The fourth-order valence-electron chi connectivity index (χ4n) is 2.76. The Kier molecular flexibility index (Phi) is 6.64. The summed E-state index contributed by atoms with van der Waals surface area (Å²) < 4.78 is 6.22. The minimum atomic E-state index is 0.301. The van der Waals surface area contributed by atoms with E-state index in [9.17, 15) is 0 Å². The van der Waals surface area contributed by atoms with E-state index >= 15 is 0 Å². The molecule has 1 aliphatic rings. The number of ether oxygens (including phenoxy) is 1. The van der Waals surface area contributed by atoms with Crippen molar-refractivity contribution in [1.29, 1.82) is 0 Å². The summed E-state index contributed by atoms with van der Waals surface area (Å²) in [5.41, 5.74) is 0. The first-order valence-corrected chi connectivity index (χ1v) is 8.52. The predicted molar refractivity (Wildman–Crippen MR) is 89.4 cm³/mol. The van der Waals surface area contributed by atoms with E-state index in [-0.39, 0.29) is 0 Å². The summed E-state index contributed by atoms with van der Waals surface area (Å²) >= 11 is 5.30. The maximum Gasteiger partial charge on any atom is 0.131 e. The molecule has 118 valence electrons. The number of nitrogens with one attached hydrogen (secondary N) is 2. The van der Waals surface area contributed by atoms with Gasteiger partial charge in [0.1, 0.15) is 16.3 Å². The molecule has 2 rings (SSSR count). The number of H-pyrrole nitrogens is 1. The van der Waals surface area contributed by atoms with Crippen LogP contribution in [0.25, 0.3) is 0 Å². The van der Waals surface area contributed by atoms with Crippen LogP contribution in [-0.2, 0) is 4.74 Å². The maximum absolute atomic E-state index is 5.54. The molecular weight excluding hydrogens is 282 g/mol. The monoisotopic (exact) mass is 309 g/mol. The molecule has 2 N–H and O–H groups in total. The van der Waals surface area contributed by atoms with Crippen molar-refractivity contribution in [2.75, 3.05) is 18.5 Å². The van der Waals surface area contributed by atoms with Gasteiger partial charge in [-0.25, -0.2) is 4.98 Å². The van der Waals surface area contributed by atoms with Crippen molar-refractivity contribution in [3.05, 3.63) is 16.5 Å². The highest BCUT2D eigenvalue weighted by Crippen LogP contribution is 2.30. The van der Waals surface area contributed by atoms with Crippen LogP contribution in [0.4, 0.5) is 5.82 Å². The SMILES string of the molecule is CC(C)OCCCNc1cc(=S)nc(C2CCCCC2)[nH]1. The van der Waals surface area contributed by atoms with E-state index in [1.165, 1.54) is 32.1 Å². The van der Waals surface area contributed by atoms with Crippen LogP contribution >= 0.6 is 12.2 Å². The summed E-state index contributed by atoms with van der Waals surface area (Å²) in [7, 11) is 0. The van der Waals surface area contributed by atoms with E-state index in [0.29, 0.717) is 16.7 Å². The molecule has 0 aromatic carbocycles. The third-order valence-corrected chi connectivity index (χ3v) is 4.05. The highest BCUT2D eigenvalue weighted by Gasteiger charge is 2.17. The van der Waals surface area contributed by atoms with E-state index in [4.69, 9.17) is 17.0 Å². The molecule has 0 bridgehead atoms.